The van der Waals surface area contributed by atoms with Gasteiger partial charge in [-0.3, -0.25) is 9.36 Å². The largest absolute Gasteiger partial charge is 0.465 e. The van der Waals surface area contributed by atoms with Crippen LogP contribution in [0.3, 0.4) is 0 Å². The van der Waals surface area contributed by atoms with Crippen LogP contribution in [0, 0.1) is 5.82 Å². The van der Waals surface area contributed by atoms with E-state index < -0.39 is 17.4 Å². The van der Waals surface area contributed by atoms with Crippen LogP contribution in [0.5, 0.6) is 6.01 Å². The number of ether oxygens (including phenoxy) is 2. The molecule has 0 saturated carbocycles. The molecule has 3 rings (SSSR count). The van der Waals surface area contributed by atoms with Gasteiger partial charge in [-0.25, -0.2) is 9.18 Å². The summed E-state index contributed by atoms with van der Waals surface area (Å²) in [5.74, 6) is -0.928. The number of carbonyl (C=O) groups excluding carboxylic acids is 2. The maximum Gasteiger partial charge on any atom is 0.339 e. The standard InChI is InChI=1S/C26H29FN2O4/c1-6-22-23(16-30)29(25(28-22)32-7-2)15-18-13-12-17(14-21(18)27)19-10-8-9-11-20(19)24(31)33-26(3,4)5/h8-14,16H,6-7,15H2,1-5H3. The summed E-state index contributed by atoms with van der Waals surface area (Å²) < 4.78 is 27.8. The summed E-state index contributed by atoms with van der Waals surface area (Å²) in [7, 11) is 0. The SMILES string of the molecule is CCOc1nc(CC)c(C=O)n1Cc1ccc(-c2ccccc2C(=O)OC(C)(C)C)cc1F. The molecule has 0 spiro atoms. The Morgan fingerprint density at radius 1 is 1.15 bits per heavy atom. The van der Waals surface area contributed by atoms with Gasteiger partial charge in [0.25, 0.3) is 6.01 Å². The van der Waals surface area contributed by atoms with Crippen molar-refractivity contribution < 1.29 is 23.5 Å². The molecule has 2 aromatic carbocycles. The van der Waals surface area contributed by atoms with E-state index in [1.54, 1.807) is 61.7 Å². The number of imidazole rings is 1. The molecule has 1 aromatic heterocycles. The predicted octanol–water partition coefficient (Wildman–Crippen LogP) is 5.47. The summed E-state index contributed by atoms with van der Waals surface area (Å²) in [4.78, 5) is 28.7. The molecule has 0 bridgehead atoms. The smallest absolute Gasteiger partial charge is 0.339 e. The monoisotopic (exact) mass is 452 g/mol. The first kappa shape index (κ1) is 24.2. The summed E-state index contributed by atoms with van der Waals surface area (Å²) in [5, 5.41) is 0. The maximum absolute atomic E-state index is 15.2. The van der Waals surface area contributed by atoms with Crippen LogP contribution in [0.2, 0.25) is 0 Å². The van der Waals surface area contributed by atoms with Crippen LogP contribution in [0.25, 0.3) is 11.1 Å². The second-order valence-corrected chi connectivity index (χ2v) is 8.57. The van der Waals surface area contributed by atoms with Crippen LogP contribution in [-0.2, 0) is 17.7 Å². The van der Waals surface area contributed by atoms with Gasteiger partial charge < -0.3 is 9.47 Å². The fourth-order valence-electron chi connectivity index (χ4n) is 3.54. The average Bonchev–Trinajstić information content (AvgIpc) is 3.10. The van der Waals surface area contributed by atoms with Gasteiger partial charge >= 0.3 is 5.97 Å². The van der Waals surface area contributed by atoms with Gasteiger partial charge in [0, 0.05) is 5.56 Å². The quantitative estimate of drug-likeness (QED) is 0.335. The zero-order chi connectivity index (χ0) is 24.2. The average molecular weight is 453 g/mol. The number of halogens is 1. The van der Waals surface area contributed by atoms with Gasteiger partial charge in [-0.2, -0.15) is 4.98 Å². The lowest BCUT2D eigenvalue weighted by Crippen LogP contribution is -2.24. The van der Waals surface area contributed by atoms with E-state index in [2.05, 4.69) is 4.98 Å². The van der Waals surface area contributed by atoms with Crippen LogP contribution in [0.15, 0.2) is 42.5 Å². The first-order chi connectivity index (χ1) is 15.7. The topological polar surface area (TPSA) is 70.4 Å². The molecule has 0 atom stereocenters. The van der Waals surface area contributed by atoms with Crippen LogP contribution in [0.4, 0.5) is 4.39 Å². The number of rotatable bonds is 8. The van der Waals surface area contributed by atoms with Crippen molar-refractivity contribution in [3.05, 3.63) is 70.8 Å². The zero-order valence-corrected chi connectivity index (χ0v) is 19.6. The Morgan fingerprint density at radius 3 is 2.48 bits per heavy atom. The number of hydrogen-bond donors (Lipinski definition) is 0. The van der Waals surface area contributed by atoms with Crippen molar-refractivity contribution in [2.24, 2.45) is 0 Å². The molecule has 0 radical (unpaired) electrons. The fraction of sp³-hybridized carbons (Fsp3) is 0.346. The van der Waals surface area contributed by atoms with Gasteiger partial charge in [-0.15, -0.1) is 0 Å². The Bertz CT molecular complexity index is 1160. The minimum Gasteiger partial charge on any atom is -0.465 e. The normalized spacial score (nSPS) is 11.3. The van der Waals surface area contributed by atoms with Crippen molar-refractivity contribution in [1.29, 1.82) is 0 Å². The highest BCUT2D eigenvalue weighted by molar-refractivity contribution is 5.97. The number of hydrogen-bond acceptors (Lipinski definition) is 5. The summed E-state index contributed by atoms with van der Waals surface area (Å²) >= 11 is 0. The predicted molar refractivity (Wildman–Crippen MR) is 124 cm³/mol. The summed E-state index contributed by atoms with van der Waals surface area (Å²) in [6.07, 6.45) is 1.28. The summed E-state index contributed by atoms with van der Waals surface area (Å²) in [6.45, 7) is 9.58. The van der Waals surface area contributed by atoms with E-state index in [1.165, 1.54) is 6.07 Å². The van der Waals surface area contributed by atoms with Gasteiger partial charge in [0.05, 0.1) is 24.4 Å². The molecule has 33 heavy (non-hydrogen) atoms. The Hall–Kier alpha value is -3.48. The van der Waals surface area contributed by atoms with Crippen molar-refractivity contribution >= 4 is 12.3 Å². The fourth-order valence-corrected chi connectivity index (χ4v) is 3.54. The second kappa shape index (κ2) is 9.98. The molecule has 0 unspecified atom stereocenters. The van der Waals surface area contributed by atoms with Gasteiger partial charge in [0.15, 0.2) is 6.29 Å². The second-order valence-electron chi connectivity index (χ2n) is 8.57. The van der Waals surface area contributed by atoms with Gasteiger partial charge in [0.1, 0.15) is 17.1 Å². The maximum atomic E-state index is 15.2. The van der Waals surface area contributed by atoms with Crippen LogP contribution >= 0.6 is 0 Å². The zero-order valence-electron chi connectivity index (χ0n) is 19.6. The molecule has 0 aliphatic carbocycles. The van der Waals surface area contributed by atoms with E-state index in [1.807, 2.05) is 13.8 Å². The molecular formula is C26H29FN2O4. The number of aryl methyl sites for hydroxylation is 1. The van der Waals surface area contributed by atoms with Crippen molar-refractivity contribution in [2.45, 2.75) is 53.2 Å². The molecule has 0 aliphatic rings. The van der Waals surface area contributed by atoms with E-state index in [-0.39, 0.29) is 12.6 Å². The van der Waals surface area contributed by atoms with Gasteiger partial charge in [-0.05, 0) is 57.4 Å². The van der Waals surface area contributed by atoms with Gasteiger partial charge in [-0.1, -0.05) is 37.3 Å². The first-order valence-corrected chi connectivity index (χ1v) is 11.0. The molecule has 0 amide bonds. The molecule has 7 heteroatoms. The molecule has 3 aromatic rings. The molecule has 0 saturated heterocycles. The number of aldehydes is 1. The molecule has 6 nitrogen and oxygen atoms in total. The minimum absolute atomic E-state index is 0.0935. The Morgan fingerprint density at radius 2 is 1.88 bits per heavy atom. The van der Waals surface area contributed by atoms with Crippen LogP contribution < -0.4 is 4.74 Å². The van der Waals surface area contributed by atoms with Crippen molar-refractivity contribution in [3.63, 3.8) is 0 Å². The number of esters is 1. The van der Waals surface area contributed by atoms with E-state index in [0.717, 1.165) is 6.29 Å². The number of nitrogens with zero attached hydrogens (tertiary/aromatic N) is 2. The lowest BCUT2D eigenvalue weighted by Gasteiger charge is -2.20. The highest BCUT2D eigenvalue weighted by Crippen LogP contribution is 2.28. The van der Waals surface area contributed by atoms with E-state index in [4.69, 9.17) is 9.47 Å². The molecule has 0 aliphatic heterocycles. The highest BCUT2D eigenvalue weighted by atomic mass is 19.1. The third-order valence-corrected chi connectivity index (χ3v) is 5.01. The Balaban J connectivity index is 1.97. The molecule has 0 N–H and O–H groups in total. The van der Waals surface area contributed by atoms with Crippen LogP contribution in [0.1, 0.15) is 66.7 Å². The number of benzene rings is 2. The van der Waals surface area contributed by atoms with E-state index in [0.29, 0.717) is 46.7 Å². The lowest BCUT2D eigenvalue weighted by atomic mass is 9.98. The van der Waals surface area contributed by atoms with Crippen LogP contribution in [-0.4, -0.2) is 34.0 Å². The highest BCUT2D eigenvalue weighted by Gasteiger charge is 2.22. The molecular weight excluding hydrogens is 423 g/mol. The third kappa shape index (κ3) is 5.48. The summed E-state index contributed by atoms with van der Waals surface area (Å²) in [6, 6.07) is 12.0. The molecule has 1 heterocycles. The number of aromatic nitrogens is 2. The summed E-state index contributed by atoms with van der Waals surface area (Å²) in [5.41, 5.74) is 2.21. The van der Waals surface area contributed by atoms with Gasteiger partial charge in [0.2, 0.25) is 0 Å². The van der Waals surface area contributed by atoms with Crippen molar-refractivity contribution in [1.82, 2.24) is 9.55 Å². The lowest BCUT2D eigenvalue weighted by molar-refractivity contribution is 0.00703. The molecule has 0 fully saturated rings. The first-order valence-electron chi connectivity index (χ1n) is 11.0. The third-order valence-electron chi connectivity index (χ3n) is 5.01. The van der Waals surface area contributed by atoms with E-state index >= 15 is 4.39 Å². The number of carbonyl (C=O) groups is 2. The minimum atomic E-state index is -0.643. The molecule has 174 valence electrons. The van der Waals surface area contributed by atoms with Crippen molar-refractivity contribution in [2.75, 3.05) is 6.61 Å². The van der Waals surface area contributed by atoms with E-state index in [9.17, 15) is 9.59 Å². The Kier molecular flexibility index (Phi) is 7.31. The Labute approximate surface area is 193 Å². The van der Waals surface area contributed by atoms with Crippen molar-refractivity contribution in [3.8, 4) is 17.1 Å².